The Labute approximate surface area is 91.8 Å². The Morgan fingerprint density at radius 1 is 1.20 bits per heavy atom. The molecule has 0 atom stereocenters. The number of carbonyl (C=O) groups is 2. The number of rotatable bonds is 2. The van der Waals surface area contributed by atoms with Gasteiger partial charge in [-0.15, -0.1) is 11.5 Å². The van der Waals surface area contributed by atoms with E-state index in [-0.39, 0.29) is 11.8 Å². The van der Waals surface area contributed by atoms with Gasteiger partial charge in [0.2, 0.25) is 11.8 Å². The summed E-state index contributed by atoms with van der Waals surface area (Å²) in [6.45, 7) is 6.99. The van der Waals surface area contributed by atoms with Crippen LogP contribution in [0.4, 0.5) is 0 Å². The average Bonchev–Trinajstić information content (AvgIpc) is 2.40. The molecule has 82 valence electrons. The van der Waals surface area contributed by atoms with Crippen LogP contribution in [-0.2, 0) is 9.59 Å². The van der Waals surface area contributed by atoms with Crippen molar-refractivity contribution in [3.63, 3.8) is 0 Å². The van der Waals surface area contributed by atoms with E-state index in [1.807, 2.05) is 0 Å². The van der Waals surface area contributed by atoms with Gasteiger partial charge in [-0.2, -0.15) is 0 Å². The van der Waals surface area contributed by atoms with Gasteiger partial charge in [0.1, 0.15) is 8.07 Å². The van der Waals surface area contributed by atoms with Gasteiger partial charge in [-0.1, -0.05) is 19.6 Å². The Balaban J connectivity index is 2.40. The van der Waals surface area contributed by atoms with Crippen LogP contribution in [0, 0.1) is 11.5 Å². The van der Waals surface area contributed by atoms with E-state index in [0.29, 0.717) is 25.8 Å². The molecule has 1 heterocycles. The number of imide groups is 1. The topological polar surface area (TPSA) is 37.4 Å². The van der Waals surface area contributed by atoms with Crippen molar-refractivity contribution in [2.75, 3.05) is 6.54 Å². The summed E-state index contributed by atoms with van der Waals surface area (Å²) in [4.78, 5) is 23.8. The van der Waals surface area contributed by atoms with Gasteiger partial charge in [0.05, 0.1) is 0 Å². The van der Waals surface area contributed by atoms with Gasteiger partial charge in [0.25, 0.3) is 0 Å². The van der Waals surface area contributed by atoms with Gasteiger partial charge >= 0.3 is 0 Å². The second-order valence-corrected chi connectivity index (χ2v) is 9.49. The third kappa shape index (κ3) is 3.88. The molecule has 15 heavy (non-hydrogen) atoms. The van der Waals surface area contributed by atoms with Crippen LogP contribution in [0.5, 0.6) is 0 Å². The Kier molecular flexibility index (Phi) is 3.70. The van der Waals surface area contributed by atoms with Crippen molar-refractivity contribution >= 4 is 19.9 Å². The van der Waals surface area contributed by atoms with E-state index >= 15 is 0 Å². The van der Waals surface area contributed by atoms with E-state index in [2.05, 4.69) is 31.1 Å². The molecule has 3 nitrogen and oxygen atoms in total. The van der Waals surface area contributed by atoms with Crippen LogP contribution in [0.2, 0.25) is 19.6 Å². The molecule has 0 radical (unpaired) electrons. The monoisotopic (exact) mass is 223 g/mol. The van der Waals surface area contributed by atoms with Crippen molar-refractivity contribution in [1.82, 2.24) is 4.90 Å². The first kappa shape index (κ1) is 12.0. The quantitative estimate of drug-likeness (QED) is 0.403. The standard InChI is InChI=1S/C11H17NO2Si/c1-15(2,3)9-5-4-8-12-10(13)6-7-11(12)14/h4,6-8H2,1-3H3. The third-order valence-electron chi connectivity index (χ3n) is 2.08. The van der Waals surface area contributed by atoms with Gasteiger partial charge in [-0.05, 0) is 0 Å². The number of likely N-dealkylation sites (tertiary alicyclic amines) is 1. The summed E-state index contributed by atoms with van der Waals surface area (Å²) in [5.74, 6) is 2.97. The molecule has 1 rings (SSSR count). The minimum atomic E-state index is -1.32. The van der Waals surface area contributed by atoms with Gasteiger partial charge in [0, 0.05) is 25.8 Å². The van der Waals surface area contributed by atoms with E-state index in [1.165, 1.54) is 4.90 Å². The highest BCUT2D eigenvalue weighted by Crippen LogP contribution is 2.11. The molecular weight excluding hydrogens is 206 g/mol. The second-order valence-electron chi connectivity index (χ2n) is 4.74. The Hall–Kier alpha value is -1.08. The molecular formula is C11H17NO2Si. The number of carbonyl (C=O) groups excluding carboxylic acids is 2. The summed E-state index contributed by atoms with van der Waals surface area (Å²) in [6.07, 6.45) is 1.36. The molecule has 0 bridgehead atoms. The molecule has 0 spiro atoms. The molecule has 0 N–H and O–H groups in total. The second kappa shape index (κ2) is 4.62. The fraction of sp³-hybridized carbons (Fsp3) is 0.636. The third-order valence-corrected chi connectivity index (χ3v) is 3.01. The Morgan fingerprint density at radius 2 is 1.73 bits per heavy atom. The van der Waals surface area contributed by atoms with E-state index in [4.69, 9.17) is 0 Å². The lowest BCUT2D eigenvalue weighted by Gasteiger charge is -2.11. The van der Waals surface area contributed by atoms with Crippen LogP contribution in [0.25, 0.3) is 0 Å². The van der Waals surface area contributed by atoms with Crippen LogP contribution in [-0.4, -0.2) is 31.3 Å². The van der Waals surface area contributed by atoms with Gasteiger partial charge in [-0.25, -0.2) is 0 Å². The van der Waals surface area contributed by atoms with Crippen LogP contribution in [0.15, 0.2) is 0 Å². The van der Waals surface area contributed by atoms with Gasteiger partial charge in [-0.3, -0.25) is 14.5 Å². The predicted octanol–water partition coefficient (Wildman–Crippen LogP) is 1.41. The molecule has 1 aliphatic heterocycles. The molecule has 0 aromatic rings. The summed E-state index contributed by atoms with van der Waals surface area (Å²) in [6, 6.07) is 0. The lowest BCUT2D eigenvalue weighted by Crippen LogP contribution is -2.29. The van der Waals surface area contributed by atoms with Crippen molar-refractivity contribution in [1.29, 1.82) is 0 Å². The highest BCUT2D eigenvalue weighted by Gasteiger charge is 2.27. The first-order chi connectivity index (χ1) is 6.90. The maximum Gasteiger partial charge on any atom is 0.229 e. The normalized spacial score (nSPS) is 16.6. The maximum atomic E-state index is 11.2. The van der Waals surface area contributed by atoms with Gasteiger partial charge < -0.3 is 0 Å². The van der Waals surface area contributed by atoms with Crippen molar-refractivity contribution in [3.8, 4) is 11.5 Å². The maximum absolute atomic E-state index is 11.2. The van der Waals surface area contributed by atoms with Crippen molar-refractivity contribution in [2.45, 2.75) is 38.9 Å². The molecule has 0 aliphatic carbocycles. The van der Waals surface area contributed by atoms with Crippen molar-refractivity contribution in [3.05, 3.63) is 0 Å². The highest BCUT2D eigenvalue weighted by molar-refractivity contribution is 6.83. The molecule has 0 saturated carbocycles. The Bertz CT molecular complexity index is 317. The summed E-state index contributed by atoms with van der Waals surface area (Å²) in [5.41, 5.74) is 3.22. The molecule has 4 heteroatoms. The minimum Gasteiger partial charge on any atom is -0.282 e. The fourth-order valence-corrected chi connectivity index (χ4v) is 2.02. The minimum absolute atomic E-state index is 0.0465. The molecule has 1 aliphatic rings. The van der Waals surface area contributed by atoms with Crippen LogP contribution in [0.3, 0.4) is 0 Å². The van der Waals surface area contributed by atoms with Crippen LogP contribution >= 0.6 is 0 Å². The van der Waals surface area contributed by atoms with Crippen molar-refractivity contribution in [2.24, 2.45) is 0 Å². The highest BCUT2D eigenvalue weighted by atomic mass is 28.3. The smallest absolute Gasteiger partial charge is 0.229 e. The summed E-state index contributed by atoms with van der Waals surface area (Å²) < 4.78 is 0. The van der Waals surface area contributed by atoms with E-state index in [9.17, 15) is 9.59 Å². The summed E-state index contributed by atoms with van der Waals surface area (Å²) in [7, 11) is -1.32. The number of hydrogen-bond acceptors (Lipinski definition) is 2. The average molecular weight is 223 g/mol. The van der Waals surface area contributed by atoms with Crippen molar-refractivity contribution < 1.29 is 9.59 Å². The molecule has 1 fully saturated rings. The number of nitrogens with zero attached hydrogens (tertiary/aromatic N) is 1. The lowest BCUT2D eigenvalue weighted by molar-refractivity contribution is -0.138. The van der Waals surface area contributed by atoms with Crippen LogP contribution in [0.1, 0.15) is 19.3 Å². The van der Waals surface area contributed by atoms with Crippen LogP contribution < -0.4 is 0 Å². The first-order valence-corrected chi connectivity index (χ1v) is 8.73. The largest absolute Gasteiger partial charge is 0.282 e. The zero-order valence-electron chi connectivity index (χ0n) is 9.59. The number of hydrogen-bond donors (Lipinski definition) is 0. The molecule has 2 amide bonds. The van der Waals surface area contributed by atoms with E-state index in [1.54, 1.807) is 0 Å². The van der Waals surface area contributed by atoms with E-state index in [0.717, 1.165) is 0 Å². The fourth-order valence-electron chi connectivity index (χ4n) is 1.37. The number of amides is 2. The summed E-state index contributed by atoms with van der Waals surface area (Å²) in [5, 5.41) is 0. The molecule has 0 aromatic carbocycles. The molecule has 0 aromatic heterocycles. The Morgan fingerprint density at radius 3 is 2.20 bits per heavy atom. The zero-order valence-corrected chi connectivity index (χ0v) is 10.6. The SMILES string of the molecule is C[Si](C)(C)C#CCCN1C(=O)CCC1=O. The molecule has 1 saturated heterocycles. The lowest BCUT2D eigenvalue weighted by atomic mass is 10.4. The van der Waals surface area contributed by atoms with Gasteiger partial charge in [0.15, 0.2) is 0 Å². The zero-order chi connectivity index (χ0) is 11.5. The predicted molar refractivity (Wildman–Crippen MR) is 61.7 cm³/mol. The summed E-state index contributed by atoms with van der Waals surface area (Å²) >= 11 is 0. The van der Waals surface area contributed by atoms with E-state index < -0.39 is 8.07 Å². The molecule has 0 unspecified atom stereocenters. The first-order valence-electron chi connectivity index (χ1n) is 5.23.